The van der Waals surface area contributed by atoms with Gasteiger partial charge >= 0.3 is 0 Å². The van der Waals surface area contributed by atoms with E-state index in [0.717, 1.165) is 12.3 Å². The predicted octanol–water partition coefficient (Wildman–Crippen LogP) is 4.13. The number of rotatable bonds is 4. The number of phenolic OH excluding ortho intramolecular Hbond substituents is 1. The van der Waals surface area contributed by atoms with E-state index in [9.17, 15) is 9.90 Å². The minimum atomic E-state index is -0.129. The number of carbonyl (C=O) groups excluding carboxylic acids is 1. The van der Waals surface area contributed by atoms with Gasteiger partial charge < -0.3 is 10.4 Å². The highest BCUT2D eigenvalue weighted by molar-refractivity contribution is 6.32. The van der Waals surface area contributed by atoms with Crippen LogP contribution in [0.1, 0.15) is 55.8 Å². The zero-order valence-corrected chi connectivity index (χ0v) is 12.6. The number of carbonyl (C=O) groups is 1. The predicted molar refractivity (Wildman–Crippen MR) is 81.2 cm³/mol. The van der Waals surface area contributed by atoms with E-state index in [2.05, 4.69) is 12.2 Å². The summed E-state index contributed by atoms with van der Waals surface area (Å²) in [6, 6.07) is 4.70. The summed E-state index contributed by atoms with van der Waals surface area (Å²) in [4.78, 5) is 12.1. The number of halogens is 1. The van der Waals surface area contributed by atoms with Crippen molar-refractivity contribution in [2.24, 2.45) is 5.92 Å². The van der Waals surface area contributed by atoms with Crippen LogP contribution >= 0.6 is 11.6 Å². The Morgan fingerprint density at radius 1 is 1.40 bits per heavy atom. The van der Waals surface area contributed by atoms with Crippen LogP contribution in [-0.2, 0) is 0 Å². The van der Waals surface area contributed by atoms with Crippen molar-refractivity contribution in [3.63, 3.8) is 0 Å². The molecular weight excluding hydrogens is 274 g/mol. The van der Waals surface area contributed by atoms with Gasteiger partial charge in [-0.25, -0.2) is 0 Å². The molecule has 1 saturated carbocycles. The Labute approximate surface area is 125 Å². The molecule has 0 aliphatic heterocycles. The largest absolute Gasteiger partial charge is 0.506 e. The molecule has 1 aromatic carbocycles. The van der Waals surface area contributed by atoms with Crippen molar-refractivity contribution in [1.29, 1.82) is 0 Å². The van der Waals surface area contributed by atoms with Crippen LogP contribution in [0.4, 0.5) is 0 Å². The van der Waals surface area contributed by atoms with Gasteiger partial charge in [0.25, 0.3) is 5.91 Å². The molecule has 20 heavy (non-hydrogen) atoms. The standard InChI is InChI=1S/C16H22ClNO2/c1-11(9-12-5-3-2-4-6-12)18-16(20)13-7-8-15(19)14(17)10-13/h7-8,10-12,19H,2-6,9H2,1H3,(H,18,20)/t11-/m0/s1. The van der Waals surface area contributed by atoms with E-state index < -0.39 is 0 Å². The zero-order valence-electron chi connectivity index (χ0n) is 11.9. The van der Waals surface area contributed by atoms with Crippen LogP contribution in [0.3, 0.4) is 0 Å². The number of amides is 1. The minimum absolute atomic E-state index is 0.00142. The van der Waals surface area contributed by atoms with Crippen molar-refractivity contribution in [2.75, 3.05) is 0 Å². The normalized spacial score (nSPS) is 17.7. The van der Waals surface area contributed by atoms with Gasteiger partial charge in [-0.1, -0.05) is 43.7 Å². The lowest BCUT2D eigenvalue weighted by molar-refractivity contribution is 0.0933. The van der Waals surface area contributed by atoms with Gasteiger partial charge in [-0.05, 0) is 37.5 Å². The highest BCUT2D eigenvalue weighted by Gasteiger charge is 2.18. The van der Waals surface area contributed by atoms with Crippen LogP contribution in [0.5, 0.6) is 5.75 Å². The van der Waals surface area contributed by atoms with Gasteiger partial charge in [0.15, 0.2) is 0 Å². The Kier molecular flexibility index (Phi) is 5.30. The van der Waals surface area contributed by atoms with Gasteiger partial charge in [0.2, 0.25) is 0 Å². The molecule has 4 heteroatoms. The Morgan fingerprint density at radius 2 is 2.10 bits per heavy atom. The third-order valence-electron chi connectivity index (χ3n) is 4.00. The molecule has 0 unspecified atom stereocenters. The second kappa shape index (κ2) is 6.98. The van der Waals surface area contributed by atoms with Crippen molar-refractivity contribution in [1.82, 2.24) is 5.32 Å². The number of nitrogens with one attached hydrogen (secondary N) is 1. The maximum atomic E-state index is 12.1. The molecule has 110 valence electrons. The van der Waals surface area contributed by atoms with Crippen molar-refractivity contribution < 1.29 is 9.90 Å². The summed E-state index contributed by atoms with van der Waals surface area (Å²) in [5, 5.41) is 12.6. The average molecular weight is 296 g/mol. The summed E-state index contributed by atoms with van der Waals surface area (Å²) in [6.45, 7) is 2.05. The number of phenols is 1. The first-order valence-electron chi connectivity index (χ1n) is 7.35. The summed E-state index contributed by atoms with van der Waals surface area (Å²) in [5.41, 5.74) is 0.489. The molecule has 0 radical (unpaired) electrons. The molecule has 1 aliphatic carbocycles. The fourth-order valence-electron chi connectivity index (χ4n) is 2.94. The Hall–Kier alpha value is -1.22. The lowest BCUT2D eigenvalue weighted by Crippen LogP contribution is -2.34. The molecule has 3 nitrogen and oxygen atoms in total. The average Bonchev–Trinajstić information content (AvgIpc) is 2.42. The van der Waals surface area contributed by atoms with Crippen molar-refractivity contribution >= 4 is 17.5 Å². The number of hydrogen-bond acceptors (Lipinski definition) is 2. The molecule has 0 heterocycles. The fraction of sp³-hybridized carbons (Fsp3) is 0.562. The van der Waals surface area contributed by atoms with Gasteiger partial charge in [0.1, 0.15) is 5.75 Å². The highest BCUT2D eigenvalue weighted by Crippen LogP contribution is 2.27. The number of benzene rings is 1. The Morgan fingerprint density at radius 3 is 2.75 bits per heavy atom. The van der Waals surface area contributed by atoms with Crippen LogP contribution in [-0.4, -0.2) is 17.1 Å². The first-order valence-corrected chi connectivity index (χ1v) is 7.73. The molecule has 1 aromatic rings. The van der Waals surface area contributed by atoms with Crippen LogP contribution in [0, 0.1) is 5.92 Å². The highest BCUT2D eigenvalue weighted by atomic mass is 35.5. The summed E-state index contributed by atoms with van der Waals surface area (Å²) in [6.07, 6.45) is 7.59. The van der Waals surface area contributed by atoms with E-state index in [1.54, 1.807) is 6.07 Å². The Balaban J connectivity index is 1.87. The molecule has 1 amide bonds. The van der Waals surface area contributed by atoms with Crippen LogP contribution < -0.4 is 5.32 Å². The van der Waals surface area contributed by atoms with Gasteiger partial charge in [0.05, 0.1) is 5.02 Å². The van der Waals surface area contributed by atoms with E-state index in [4.69, 9.17) is 11.6 Å². The molecular formula is C16H22ClNO2. The van der Waals surface area contributed by atoms with E-state index >= 15 is 0 Å². The third kappa shape index (κ3) is 4.14. The van der Waals surface area contributed by atoms with E-state index in [1.807, 2.05) is 0 Å². The van der Waals surface area contributed by atoms with Gasteiger partial charge in [-0.3, -0.25) is 4.79 Å². The summed E-state index contributed by atoms with van der Waals surface area (Å²) < 4.78 is 0. The van der Waals surface area contributed by atoms with Crippen molar-refractivity contribution in [2.45, 2.75) is 51.5 Å². The fourth-order valence-corrected chi connectivity index (χ4v) is 3.12. The zero-order chi connectivity index (χ0) is 14.5. The van der Waals surface area contributed by atoms with Crippen molar-refractivity contribution in [3.05, 3.63) is 28.8 Å². The monoisotopic (exact) mass is 295 g/mol. The Bertz CT molecular complexity index is 470. The van der Waals surface area contributed by atoms with E-state index in [1.165, 1.54) is 44.2 Å². The topological polar surface area (TPSA) is 49.3 Å². The number of hydrogen-bond donors (Lipinski definition) is 2. The number of aromatic hydroxyl groups is 1. The quantitative estimate of drug-likeness (QED) is 0.877. The maximum absolute atomic E-state index is 12.1. The first kappa shape index (κ1) is 15.2. The molecule has 0 aromatic heterocycles. The van der Waals surface area contributed by atoms with Gasteiger partial charge in [0, 0.05) is 11.6 Å². The lowest BCUT2D eigenvalue weighted by Gasteiger charge is -2.25. The first-order chi connectivity index (χ1) is 9.56. The molecule has 0 bridgehead atoms. The maximum Gasteiger partial charge on any atom is 0.251 e. The van der Waals surface area contributed by atoms with Crippen LogP contribution in [0.25, 0.3) is 0 Å². The smallest absolute Gasteiger partial charge is 0.251 e. The molecule has 1 atom stereocenters. The molecule has 1 fully saturated rings. The van der Waals surface area contributed by atoms with Gasteiger partial charge in [-0.15, -0.1) is 0 Å². The summed E-state index contributed by atoms with van der Waals surface area (Å²) >= 11 is 5.82. The van der Waals surface area contributed by atoms with Crippen LogP contribution in [0.15, 0.2) is 18.2 Å². The van der Waals surface area contributed by atoms with Crippen molar-refractivity contribution in [3.8, 4) is 5.75 Å². The summed E-state index contributed by atoms with van der Waals surface area (Å²) in [5.74, 6) is 0.608. The lowest BCUT2D eigenvalue weighted by atomic mass is 9.85. The third-order valence-corrected chi connectivity index (χ3v) is 4.30. The van der Waals surface area contributed by atoms with E-state index in [-0.39, 0.29) is 22.7 Å². The van der Waals surface area contributed by atoms with E-state index in [0.29, 0.717) is 5.56 Å². The summed E-state index contributed by atoms with van der Waals surface area (Å²) in [7, 11) is 0. The molecule has 2 N–H and O–H groups in total. The SMILES string of the molecule is C[C@@H](CC1CCCCC1)NC(=O)c1ccc(O)c(Cl)c1. The minimum Gasteiger partial charge on any atom is -0.506 e. The second-order valence-corrected chi connectivity index (χ2v) is 6.19. The molecule has 0 spiro atoms. The molecule has 1 aliphatic rings. The molecule has 2 rings (SSSR count). The second-order valence-electron chi connectivity index (χ2n) is 5.78. The van der Waals surface area contributed by atoms with Gasteiger partial charge in [-0.2, -0.15) is 0 Å². The van der Waals surface area contributed by atoms with Crippen LogP contribution in [0.2, 0.25) is 5.02 Å². The molecule has 0 saturated heterocycles.